The minimum absolute atomic E-state index is 0.800. The zero-order chi connectivity index (χ0) is 12.9. The Morgan fingerprint density at radius 3 is 2.79 bits per heavy atom. The minimum Gasteiger partial charge on any atom is -0.378 e. The maximum atomic E-state index is 4.32. The van der Waals surface area contributed by atoms with Gasteiger partial charge in [0.25, 0.3) is 0 Å². The third-order valence-electron chi connectivity index (χ3n) is 3.54. The van der Waals surface area contributed by atoms with E-state index in [-0.39, 0.29) is 0 Å². The molecule has 0 atom stereocenters. The van der Waals surface area contributed by atoms with Gasteiger partial charge in [-0.2, -0.15) is 0 Å². The summed E-state index contributed by atoms with van der Waals surface area (Å²) in [6.45, 7) is 3.15. The average Bonchev–Trinajstić information content (AvgIpc) is 3.00. The van der Waals surface area contributed by atoms with Gasteiger partial charge in [-0.05, 0) is 31.4 Å². The second kappa shape index (κ2) is 6.06. The molecule has 1 aromatic carbocycles. The van der Waals surface area contributed by atoms with Gasteiger partial charge in [-0.25, -0.2) is 4.98 Å². The Balaban J connectivity index is 1.73. The van der Waals surface area contributed by atoms with Crippen LogP contribution in [-0.2, 0) is 6.54 Å². The van der Waals surface area contributed by atoms with Crippen LogP contribution in [0.25, 0.3) is 0 Å². The molecule has 3 nitrogen and oxygen atoms in total. The predicted molar refractivity (Wildman–Crippen MR) is 81.9 cm³/mol. The third kappa shape index (κ3) is 3.07. The van der Waals surface area contributed by atoms with E-state index in [9.17, 15) is 0 Å². The second-order valence-corrected chi connectivity index (χ2v) is 5.62. The van der Waals surface area contributed by atoms with Gasteiger partial charge in [0.2, 0.25) is 0 Å². The molecule has 1 N–H and O–H groups in total. The molecule has 1 aliphatic heterocycles. The number of piperidine rings is 1. The summed E-state index contributed by atoms with van der Waals surface area (Å²) in [6.07, 6.45) is 3.98. The quantitative estimate of drug-likeness (QED) is 0.919. The van der Waals surface area contributed by atoms with Crippen molar-refractivity contribution in [2.24, 2.45) is 0 Å². The van der Waals surface area contributed by atoms with E-state index in [0.29, 0.717) is 0 Å². The lowest BCUT2D eigenvalue weighted by Gasteiger charge is -2.30. The van der Waals surface area contributed by atoms with E-state index >= 15 is 0 Å². The first-order valence-corrected chi connectivity index (χ1v) is 7.83. The number of thiazole rings is 1. The molecule has 19 heavy (non-hydrogen) atoms. The Hall–Kier alpha value is -1.55. The molecule has 1 aromatic heterocycles. The Bertz CT molecular complexity index is 504. The summed E-state index contributed by atoms with van der Waals surface area (Å²) in [5, 5.41) is 5.61. The van der Waals surface area contributed by atoms with E-state index in [4.69, 9.17) is 0 Å². The van der Waals surface area contributed by atoms with Crippen LogP contribution in [-0.4, -0.2) is 18.1 Å². The van der Waals surface area contributed by atoms with Gasteiger partial charge < -0.3 is 10.2 Å². The molecule has 0 saturated carbocycles. The molecule has 1 saturated heterocycles. The fourth-order valence-electron chi connectivity index (χ4n) is 2.54. The monoisotopic (exact) mass is 273 g/mol. The van der Waals surface area contributed by atoms with Crippen LogP contribution in [0.3, 0.4) is 0 Å². The van der Waals surface area contributed by atoms with E-state index in [0.717, 1.165) is 12.2 Å². The van der Waals surface area contributed by atoms with Crippen molar-refractivity contribution in [1.29, 1.82) is 0 Å². The number of anilines is 2. The standard InChI is InChI=1S/C15H19N3S/c1-4-8-18(9-5-1)15-7-3-2-6-14(15)16-10-13-11-19-12-17-13/h2-3,6-7,11-12,16H,1,4-5,8-10H2. The van der Waals surface area contributed by atoms with E-state index in [1.165, 1.54) is 43.7 Å². The van der Waals surface area contributed by atoms with Crippen molar-refractivity contribution < 1.29 is 0 Å². The molecule has 0 amide bonds. The van der Waals surface area contributed by atoms with Crippen molar-refractivity contribution in [3.63, 3.8) is 0 Å². The number of nitrogens with one attached hydrogen (secondary N) is 1. The molecule has 0 aliphatic carbocycles. The normalized spacial score (nSPS) is 15.5. The minimum atomic E-state index is 0.800. The first kappa shape index (κ1) is 12.5. The first-order valence-electron chi connectivity index (χ1n) is 6.88. The molecule has 0 unspecified atom stereocenters. The van der Waals surface area contributed by atoms with Gasteiger partial charge in [0.05, 0.1) is 29.1 Å². The molecule has 4 heteroatoms. The Morgan fingerprint density at radius 1 is 1.16 bits per heavy atom. The van der Waals surface area contributed by atoms with E-state index in [1.54, 1.807) is 11.3 Å². The molecule has 0 spiro atoms. The number of rotatable bonds is 4. The van der Waals surface area contributed by atoms with Crippen LogP contribution < -0.4 is 10.2 Å². The molecule has 1 aliphatic rings. The van der Waals surface area contributed by atoms with Gasteiger partial charge in [0.15, 0.2) is 0 Å². The zero-order valence-electron chi connectivity index (χ0n) is 11.0. The first-order chi connectivity index (χ1) is 9.43. The lowest BCUT2D eigenvalue weighted by Crippen LogP contribution is -2.30. The number of hydrogen-bond acceptors (Lipinski definition) is 4. The molecule has 3 rings (SSSR count). The lowest BCUT2D eigenvalue weighted by atomic mass is 10.1. The van der Waals surface area contributed by atoms with E-state index < -0.39 is 0 Å². The molecule has 1 fully saturated rings. The molecule has 100 valence electrons. The molecule has 2 aromatic rings. The van der Waals surface area contributed by atoms with Crippen LogP contribution in [0.4, 0.5) is 11.4 Å². The predicted octanol–water partition coefficient (Wildman–Crippen LogP) is 3.75. The van der Waals surface area contributed by atoms with Gasteiger partial charge in [0, 0.05) is 18.5 Å². The topological polar surface area (TPSA) is 28.2 Å². The Morgan fingerprint density at radius 2 is 2.00 bits per heavy atom. The third-order valence-corrected chi connectivity index (χ3v) is 4.18. The molecular weight excluding hydrogens is 254 g/mol. The summed E-state index contributed by atoms with van der Waals surface area (Å²) < 4.78 is 0. The van der Waals surface area contributed by atoms with Crippen LogP contribution >= 0.6 is 11.3 Å². The summed E-state index contributed by atoms with van der Waals surface area (Å²) in [5.41, 5.74) is 5.54. The molecule has 2 heterocycles. The summed E-state index contributed by atoms with van der Waals surface area (Å²) in [7, 11) is 0. The fourth-order valence-corrected chi connectivity index (χ4v) is 3.10. The van der Waals surface area contributed by atoms with Gasteiger partial charge in [-0.3, -0.25) is 0 Å². The Labute approximate surface area is 118 Å². The smallest absolute Gasteiger partial charge is 0.0795 e. The van der Waals surface area contributed by atoms with E-state index in [1.807, 2.05) is 5.51 Å². The number of para-hydroxylation sites is 2. The van der Waals surface area contributed by atoms with Crippen molar-refractivity contribution in [3.8, 4) is 0 Å². The van der Waals surface area contributed by atoms with Gasteiger partial charge in [0.1, 0.15) is 0 Å². The SMILES string of the molecule is c1ccc(N2CCCCC2)c(NCc2cscn2)c1. The maximum Gasteiger partial charge on any atom is 0.0795 e. The zero-order valence-corrected chi connectivity index (χ0v) is 11.8. The van der Waals surface area contributed by atoms with Crippen molar-refractivity contribution in [2.75, 3.05) is 23.3 Å². The summed E-state index contributed by atoms with van der Waals surface area (Å²) in [6, 6.07) is 8.60. The summed E-state index contributed by atoms with van der Waals surface area (Å²) >= 11 is 1.65. The highest BCUT2D eigenvalue weighted by molar-refractivity contribution is 7.07. The number of nitrogens with zero attached hydrogens (tertiary/aromatic N) is 2. The molecule has 0 radical (unpaired) electrons. The van der Waals surface area contributed by atoms with Crippen LogP contribution in [0.1, 0.15) is 25.0 Å². The van der Waals surface area contributed by atoms with Crippen LogP contribution in [0, 0.1) is 0 Å². The number of hydrogen-bond donors (Lipinski definition) is 1. The van der Waals surface area contributed by atoms with Crippen molar-refractivity contribution in [3.05, 3.63) is 40.8 Å². The highest BCUT2D eigenvalue weighted by Gasteiger charge is 2.13. The highest BCUT2D eigenvalue weighted by atomic mass is 32.1. The van der Waals surface area contributed by atoms with Crippen molar-refractivity contribution >= 4 is 22.7 Å². The second-order valence-electron chi connectivity index (χ2n) is 4.90. The van der Waals surface area contributed by atoms with E-state index in [2.05, 4.69) is 44.8 Å². The van der Waals surface area contributed by atoms with Crippen LogP contribution in [0.15, 0.2) is 35.2 Å². The van der Waals surface area contributed by atoms with Crippen molar-refractivity contribution in [2.45, 2.75) is 25.8 Å². The molecular formula is C15H19N3S. The molecule has 0 bridgehead atoms. The lowest BCUT2D eigenvalue weighted by molar-refractivity contribution is 0.578. The van der Waals surface area contributed by atoms with Crippen LogP contribution in [0.2, 0.25) is 0 Å². The van der Waals surface area contributed by atoms with Gasteiger partial charge in [-0.15, -0.1) is 11.3 Å². The van der Waals surface area contributed by atoms with Crippen molar-refractivity contribution in [1.82, 2.24) is 4.98 Å². The summed E-state index contributed by atoms with van der Waals surface area (Å²) in [5.74, 6) is 0. The largest absolute Gasteiger partial charge is 0.378 e. The maximum absolute atomic E-state index is 4.32. The van der Waals surface area contributed by atoms with Gasteiger partial charge >= 0.3 is 0 Å². The number of aromatic nitrogens is 1. The fraction of sp³-hybridized carbons (Fsp3) is 0.400. The van der Waals surface area contributed by atoms with Gasteiger partial charge in [-0.1, -0.05) is 12.1 Å². The highest BCUT2D eigenvalue weighted by Crippen LogP contribution is 2.28. The summed E-state index contributed by atoms with van der Waals surface area (Å²) in [4.78, 5) is 6.81. The number of benzene rings is 1. The average molecular weight is 273 g/mol. The Kier molecular flexibility index (Phi) is 3.98. The van der Waals surface area contributed by atoms with Crippen LogP contribution in [0.5, 0.6) is 0 Å².